The summed E-state index contributed by atoms with van der Waals surface area (Å²) in [4.78, 5) is 2.64. The lowest BCUT2D eigenvalue weighted by atomic mass is 9.93. The maximum absolute atomic E-state index is 2.64. The molecule has 1 heterocycles. The van der Waals surface area contributed by atoms with E-state index in [4.69, 9.17) is 0 Å². The minimum Gasteiger partial charge on any atom is -0.299 e. The fraction of sp³-hybridized carbons (Fsp3) is 0.600. The second-order valence-corrected chi connectivity index (χ2v) is 6.14. The fourth-order valence-electron chi connectivity index (χ4n) is 2.74. The zero-order valence-electron chi connectivity index (χ0n) is 10.4. The van der Waals surface area contributed by atoms with Gasteiger partial charge in [-0.15, -0.1) is 0 Å². The standard InChI is InChI=1S/C15H22IN/c16-10-4-8-15-9-5-11-17(13-15)12-14-6-2-1-3-7-14/h1-3,6-7,15H,4-5,8-13H2. The lowest BCUT2D eigenvalue weighted by molar-refractivity contribution is 0.161. The zero-order valence-corrected chi connectivity index (χ0v) is 12.6. The lowest BCUT2D eigenvalue weighted by Gasteiger charge is -2.32. The van der Waals surface area contributed by atoms with E-state index in [-0.39, 0.29) is 0 Å². The summed E-state index contributed by atoms with van der Waals surface area (Å²) in [7, 11) is 0. The number of hydrogen-bond donors (Lipinski definition) is 0. The summed E-state index contributed by atoms with van der Waals surface area (Å²) in [6, 6.07) is 10.9. The number of rotatable bonds is 5. The van der Waals surface area contributed by atoms with Gasteiger partial charge in [-0.2, -0.15) is 0 Å². The quantitative estimate of drug-likeness (QED) is 0.574. The Labute approximate surface area is 119 Å². The Morgan fingerprint density at radius 1 is 1.24 bits per heavy atom. The number of halogens is 1. The average Bonchev–Trinajstić information content (AvgIpc) is 2.38. The molecule has 0 bridgehead atoms. The van der Waals surface area contributed by atoms with E-state index in [1.165, 1.54) is 48.8 Å². The van der Waals surface area contributed by atoms with Crippen LogP contribution in [0.2, 0.25) is 0 Å². The van der Waals surface area contributed by atoms with E-state index in [2.05, 4.69) is 57.8 Å². The van der Waals surface area contributed by atoms with E-state index in [1.807, 2.05) is 0 Å². The van der Waals surface area contributed by atoms with E-state index in [0.29, 0.717) is 0 Å². The average molecular weight is 343 g/mol. The first kappa shape index (κ1) is 13.3. The van der Waals surface area contributed by atoms with E-state index in [1.54, 1.807) is 0 Å². The largest absolute Gasteiger partial charge is 0.299 e. The van der Waals surface area contributed by atoms with Crippen LogP contribution in [0.3, 0.4) is 0 Å². The van der Waals surface area contributed by atoms with Crippen LogP contribution in [0.5, 0.6) is 0 Å². The molecular formula is C15H22IN. The normalized spacial score (nSPS) is 21.6. The van der Waals surface area contributed by atoms with Gasteiger partial charge in [0, 0.05) is 13.1 Å². The number of nitrogens with zero attached hydrogens (tertiary/aromatic N) is 1. The van der Waals surface area contributed by atoms with Gasteiger partial charge in [-0.1, -0.05) is 52.9 Å². The van der Waals surface area contributed by atoms with Crippen molar-refractivity contribution in [1.29, 1.82) is 0 Å². The fourth-order valence-corrected chi connectivity index (χ4v) is 3.18. The van der Waals surface area contributed by atoms with Crippen molar-refractivity contribution in [2.24, 2.45) is 5.92 Å². The first-order valence-electron chi connectivity index (χ1n) is 6.70. The van der Waals surface area contributed by atoms with Crippen LogP contribution >= 0.6 is 22.6 Å². The van der Waals surface area contributed by atoms with Crippen molar-refractivity contribution in [1.82, 2.24) is 4.90 Å². The first-order chi connectivity index (χ1) is 8.38. The van der Waals surface area contributed by atoms with Gasteiger partial charge >= 0.3 is 0 Å². The van der Waals surface area contributed by atoms with Crippen LogP contribution in [0.1, 0.15) is 31.2 Å². The smallest absolute Gasteiger partial charge is 0.0233 e. The Morgan fingerprint density at radius 3 is 2.82 bits per heavy atom. The molecule has 1 fully saturated rings. The molecule has 1 aromatic carbocycles. The molecule has 17 heavy (non-hydrogen) atoms. The van der Waals surface area contributed by atoms with Gasteiger partial charge < -0.3 is 0 Å². The van der Waals surface area contributed by atoms with Crippen molar-refractivity contribution >= 4 is 22.6 Å². The number of hydrogen-bond acceptors (Lipinski definition) is 1. The molecular weight excluding hydrogens is 321 g/mol. The van der Waals surface area contributed by atoms with Crippen molar-refractivity contribution in [2.75, 3.05) is 17.5 Å². The Morgan fingerprint density at radius 2 is 2.06 bits per heavy atom. The van der Waals surface area contributed by atoms with Gasteiger partial charge in [0.15, 0.2) is 0 Å². The number of likely N-dealkylation sites (tertiary alicyclic amines) is 1. The molecule has 1 nitrogen and oxygen atoms in total. The highest BCUT2D eigenvalue weighted by Gasteiger charge is 2.19. The minimum absolute atomic E-state index is 0.947. The molecule has 2 heteroatoms. The van der Waals surface area contributed by atoms with E-state index in [0.717, 1.165) is 12.5 Å². The molecule has 1 unspecified atom stereocenters. The maximum atomic E-state index is 2.64. The molecule has 0 aromatic heterocycles. The van der Waals surface area contributed by atoms with Crippen LogP contribution in [0, 0.1) is 5.92 Å². The molecule has 94 valence electrons. The number of piperidine rings is 1. The molecule has 0 radical (unpaired) electrons. The molecule has 1 atom stereocenters. The zero-order chi connectivity index (χ0) is 11.9. The van der Waals surface area contributed by atoms with Crippen molar-refractivity contribution in [3.05, 3.63) is 35.9 Å². The van der Waals surface area contributed by atoms with E-state index in [9.17, 15) is 0 Å². The van der Waals surface area contributed by atoms with Gasteiger partial charge in [-0.3, -0.25) is 4.90 Å². The summed E-state index contributed by atoms with van der Waals surface area (Å²) in [5, 5.41) is 0. The van der Waals surface area contributed by atoms with Crippen molar-refractivity contribution in [3.8, 4) is 0 Å². The molecule has 0 amide bonds. The lowest BCUT2D eigenvalue weighted by Crippen LogP contribution is -2.34. The minimum atomic E-state index is 0.947. The van der Waals surface area contributed by atoms with Crippen LogP contribution in [0.4, 0.5) is 0 Å². The van der Waals surface area contributed by atoms with Crippen molar-refractivity contribution in [3.63, 3.8) is 0 Å². The Kier molecular flexibility index (Phi) is 5.78. The third kappa shape index (κ3) is 4.59. The van der Waals surface area contributed by atoms with Crippen LogP contribution in [-0.2, 0) is 6.54 Å². The van der Waals surface area contributed by atoms with Gasteiger partial charge in [-0.05, 0) is 48.1 Å². The molecule has 1 aromatic rings. The first-order valence-corrected chi connectivity index (χ1v) is 8.23. The predicted molar refractivity (Wildman–Crippen MR) is 82.6 cm³/mol. The van der Waals surface area contributed by atoms with Gasteiger partial charge in [0.2, 0.25) is 0 Å². The topological polar surface area (TPSA) is 3.24 Å². The summed E-state index contributed by atoms with van der Waals surface area (Å²) < 4.78 is 1.31. The Balaban J connectivity index is 1.81. The SMILES string of the molecule is ICCCC1CCCN(Cc2ccccc2)C1. The third-order valence-corrected chi connectivity index (χ3v) is 4.36. The second kappa shape index (κ2) is 7.37. The monoisotopic (exact) mass is 343 g/mol. The number of alkyl halides is 1. The van der Waals surface area contributed by atoms with Gasteiger partial charge in [0.25, 0.3) is 0 Å². The predicted octanol–water partition coefficient (Wildman–Crippen LogP) is 4.11. The Hall–Kier alpha value is -0.0900. The summed E-state index contributed by atoms with van der Waals surface area (Å²) in [5.74, 6) is 0.947. The Bertz CT molecular complexity index is 312. The third-order valence-electron chi connectivity index (χ3n) is 3.60. The molecule has 1 saturated heterocycles. The van der Waals surface area contributed by atoms with Crippen LogP contribution in [-0.4, -0.2) is 22.4 Å². The summed E-state index contributed by atoms with van der Waals surface area (Å²) >= 11 is 2.49. The van der Waals surface area contributed by atoms with Crippen molar-refractivity contribution in [2.45, 2.75) is 32.2 Å². The summed E-state index contributed by atoms with van der Waals surface area (Å²) in [6.07, 6.45) is 5.65. The second-order valence-electron chi connectivity index (χ2n) is 5.06. The maximum Gasteiger partial charge on any atom is 0.0233 e. The summed E-state index contributed by atoms with van der Waals surface area (Å²) in [6.45, 7) is 3.74. The van der Waals surface area contributed by atoms with Gasteiger partial charge in [0.05, 0.1) is 0 Å². The molecule has 0 saturated carbocycles. The summed E-state index contributed by atoms with van der Waals surface area (Å²) in [5.41, 5.74) is 1.46. The van der Waals surface area contributed by atoms with E-state index >= 15 is 0 Å². The van der Waals surface area contributed by atoms with E-state index < -0.39 is 0 Å². The molecule has 1 aliphatic rings. The number of benzene rings is 1. The highest BCUT2D eigenvalue weighted by molar-refractivity contribution is 14.1. The van der Waals surface area contributed by atoms with Crippen LogP contribution in [0.25, 0.3) is 0 Å². The molecule has 1 aliphatic heterocycles. The van der Waals surface area contributed by atoms with Crippen molar-refractivity contribution < 1.29 is 0 Å². The highest BCUT2D eigenvalue weighted by atomic mass is 127. The highest BCUT2D eigenvalue weighted by Crippen LogP contribution is 2.22. The molecule has 0 N–H and O–H groups in total. The van der Waals surface area contributed by atoms with Gasteiger partial charge in [0.1, 0.15) is 0 Å². The molecule has 0 spiro atoms. The van der Waals surface area contributed by atoms with Crippen LogP contribution in [0.15, 0.2) is 30.3 Å². The van der Waals surface area contributed by atoms with Crippen LogP contribution < -0.4 is 0 Å². The molecule has 2 rings (SSSR count). The molecule has 0 aliphatic carbocycles. The van der Waals surface area contributed by atoms with Gasteiger partial charge in [-0.25, -0.2) is 0 Å².